The molecule has 0 amide bonds. The second kappa shape index (κ2) is 8.19. The molecule has 0 saturated carbocycles. The lowest BCUT2D eigenvalue weighted by molar-refractivity contribution is 0.242. The van der Waals surface area contributed by atoms with Gasteiger partial charge in [0.1, 0.15) is 11.5 Å². The van der Waals surface area contributed by atoms with Gasteiger partial charge in [-0.15, -0.1) is 0 Å². The van der Waals surface area contributed by atoms with Crippen LogP contribution in [0.5, 0.6) is 11.5 Å². The third-order valence-electron chi connectivity index (χ3n) is 7.19. The zero-order valence-corrected chi connectivity index (χ0v) is 21.3. The predicted octanol–water partition coefficient (Wildman–Crippen LogP) is 5.76. The molecular formula is C28H24N2O4P2. The van der Waals surface area contributed by atoms with Crippen molar-refractivity contribution in [2.45, 2.75) is 0 Å². The van der Waals surface area contributed by atoms with Gasteiger partial charge in [-0.1, -0.05) is 72.8 Å². The molecule has 1 fully saturated rings. The summed E-state index contributed by atoms with van der Waals surface area (Å²) in [5.41, 5.74) is 3.79. The first-order chi connectivity index (χ1) is 17.6. The Hall–Kier alpha value is -3.14. The van der Waals surface area contributed by atoms with Crippen molar-refractivity contribution < 1.29 is 18.2 Å². The highest BCUT2D eigenvalue weighted by atomic mass is 31.2. The lowest BCUT2D eigenvalue weighted by atomic mass is 10.0. The lowest BCUT2D eigenvalue weighted by Crippen LogP contribution is -2.48. The average molecular weight is 514 g/mol. The van der Waals surface area contributed by atoms with Crippen molar-refractivity contribution in [3.63, 3.8) is 0 Å². The highest BCUT2D eigenvalue weighted by Crippen LogP contribution is 2.60. The summed E-state index contributed by atoms with van der Waals surface area (Å²) >= 11 is 0. The number of benzene rings is 4. The van der Waals surface area contributed by atoms with Crippen molar-refractivity contribution in [3.05, 3.63) is 97.1 Å². The highest BCUT2D eigenvalue weighted by Gasteiger charge is 2.47. The Morgan fingerprint density at radius 2 is 0.806 bits per heavy atom. The maximum Gasteiger partial charge on any atom is 0.350 e. The van der Waals surface area contributed by atoms with Gasteiger partial charge in [-0.3, -0.25) is 9.13 Å². The zero-order chi connectivity index (χ0) is 24.3. The van der Waals surface area contributed by atoms with Crippen molar-refractivity contribution in [1.82, 2.24) is 9.34 Å². The molecule has 2 atom stereocenters. The van der Waals surface area contributed by atoms with Crippen LogP contribution < -0.4 is 19.7 Å². The molecule has 0 aliphatic carbocycles. The molecule has 2 unspecified atom stereocenters. The number of piperazine rings is 1. The number of hydrogen-bond acceptors (Lipinski definition) is 4. The fourth-order valence-electron chi connectivity index (χ4n) is 5.43. The molecule has 0 bridgehead atoms. The second-order valence-corrected chi connectivity index (χ2v) is 13.7. The summed E-state index contributed by atoms with van der Waals surface area (Å²) in [5, 5.41) is 1.44. The molecule has 0 radical (unpaired) electrons. The maximum atomic E-state index is 14.5. The minimum absolute atomic E-state index is 0.449. The predicted molar refractivity (Wildman–Crippen MR) is 143 cm³/mol. The van der Waals surface area contributed by atoms with Crippen molar-refractivity contribution in [1.29, 1.82) is 0 Å². The first kappa shape index (κ1) is 22.1. The number of rotatable bonds is 2. The number of hydrogen-bond donors (Lipinski definition) is 0. The van der Waals surface area contributed by atoms with E-state index in [4.69, 9.17) is 9.05 Å². The first-order valence-electron chi connectivity index (χ1n) is 12.1. The van der Waals surface area contributed by atoms with E-state index >= 15 is 0 Å². The molecule has 4 aromatic carbocycles. The molecule has 6 nitrogen and oxygen atoms in total. The Morgan fingerprint density at radius 3 is 1.22 bits per heavy atom. The van der Waals surface area contributed by atoms with Gasteiger partial charge in [0, 0.05) is 48.4 Å². The van der Waals surface area contributed by atoms with E-state index in [-0.39, 0.29) is 0 Å². The van der Waals surface area contributed by atoms with Gasteiger partial charge in [0.2, 0.25) is 0 Å². The number of nitrogens with zero attached hydrogens (tertiary/aromatic N) is 2. The second-order valence-electron chi connectivity index (χ2n) is 9.16. The van der Waals surface area contributed by atoms with E-state index < -0.39 is 15.0 Å². The molecule has 180 valence electrons. The van der Waals surface area contributed by atoms with Gasteiger partial charge in [-0.2, -0.15) is 0 Å². The summed E-state index contributed by atoms with van der Waals surface area (Å²) in [6.45, 7) is 1.80. The first-order valence-corrected chi connectivity index (χ1v) is 15.2. The molecular weight excluding hydrogens is 490 g/mol. The Balaban J connectivity index is 1.21. The van der Waals surface area contributed by atoms with E-state index in [1.165, 1.54) is 0 Å². The van der Waals surface area contributed by atoms with Crippen LogP contribution in [0.25, 0.3) is 22.3 Å². The Morgan fingerprint density at radius 1 is 0.472 bits per heavy atom. The lowest BCUT2D eigenvalue weighted by Gasteiger charge is -2.43. The molecule has 0 N–H and O–H groups in total. The summed E-state index contributed by atoms with van der Waals surface area (Å²) in [7, 11) is -6.69. The number of para-hydroxylation sites is 2. The normalized spacial score (nSPS) is 24.9. The van der Waals surface area contributed by atoms with Gasteiger partial charge in [-0.05, 0) is 24.3 Å². The standard InChI is InChI=1S/C28H24N2O4P2/c31-35(27-15-7-3-11-23(27)21-9-1-5-13-25(21)33-35)29-17-19-30(20-18-29)36(32)28-16-8-4-12-24(28)22-10-2-6-14-26(22)34-36/h1-16H,17-20H2. The van der Waals surface area contributed by atoms with Crippen LogP contribution in [0, 0.1) is 0 Å². The van der Waals surface area contributed by atoms with Crippen molar-refractivity contribution in [2.24, 2.45) is 0 Å². The van der Waals surface area contributed by atoms with Crippen LogP contribution in [0.2, 0.25) is 0 Å². The third kappa shape index (κ3) is 3.19. The van der Waals surface area contributed by atoms with Gasteiger partial charge >= 0.3 is 15.0 Å². The van der Waals surface area contributed by atoms with Crippen LogP contribution in [0.1, 0.15) is 0 Å². The third-order valence-corrected chi connectivity index (χ3v) is 12.4. The topological polar surface area (TPSA) is 59.1 Å². The molecule has 0 spiro atoms. The van der Waals surface area contributed by atoms with E-state index in [2.05, 4.69) is 0 Å². The monoisotopic (exact) mass is 514 g/mol. The van der Waals surface area contributed by atoms with E-state index in [1.807, 2.05) is 106 Å². The molecule has 7 rings (SSSR count). The Bertz CT molecular complexity index is 1480. The molecule has 3 aliphatic heterocycles. The smallest absolute Gasteiger partial charge is 0.350 e. The van der Waals surface area contributed by atoms with Gasteiger partial charge < -0.3 is 9.05 Å². The zero-order valence-electron chi connectivity index (χ0n) is 19.5. The van der Waals surface area contributed by atoms with Gasteiger partial charge in [0.05, 0.1) is 10.6 Å². The molecule has 36 heavy (non-hydrogen) atoms. The fraction of sp³-hybridized carbons (Fsp3) is 0.143. The average Bonchev–Trinajstić information content (AvgIpc) is 2.93. The summed E-state index contributed by atoms with van der Waals surface area (Å²) in [5.74, 6) is 1.27. The molecule has 8 heteroatoms. The molecule has 0 aromatic heterocycles. The van der Waals surface area contributed by atoms with E-state index in [0.717, 1.165) is 32.9 Å². The van der Waals surface area contributed by atoms with Crippen LogP contribution >= 0.6 is 15.0 Å². The summed E-state index contributed by atoms with van der Waals surface area (Å²) < 4.78 is 45.3. The van der Waals surface area contributed by atoms with Crippen LogP contribution in [0.15, 0.2) is 97.1 Å². The van der Waals surface area contributed by atoms with Crippen molar-refractivity contribution in [3.8, 4) is 33.8 Å². The van der Waals surface area contributed by atoms with Crippen LogP contribution in [0.4, 0.5) is 0 Å². The molecule has 3 aliphatic rings. The quantitative estimate of drug-likeness (QED) is 0.317. The van der Waals surface area contributed by atoms with Crippen LogP contribution in [-0.4, -0.2) is 35.5 Å². The summed E-state index contributed by atoms with van der Waals surface area (Å²) in [6.07, 6.45) is 0. The Labute approximate surface area is 210 Å². The summed E-state index contributed by atoms with van der Waals surface area (Å²) in [6, 6.07) is 31.0. The fourth-order valence-corrected chi connectivity index (χ4v) is 10.3. The van der Waals surface area contributed by atoms with Crippen LogP contribution in [-0.2, 0) is 9.13 Å². The van der Waals surface area contributed by atoms with Gasteiger partial charge in [0.25, 0.3) is 0 Å². The minimum Gasteiger partial charge on any atom is -0.429 e. The summed E-state index contributed by atoms with van der Waals surface area (Å²) in [4.78, 5) is 0. The highest BCUT2D eigenvalue weighted by molar-refractivity contribution is 7.66. The molecule has 3 heterocycles. The SMILES string of the molecule is O=P1(N2CCN(P3(=O)Oc4ccccc4-c4ccccc43)CC2)Oc2ccccc2-c2ccccc21. The van der Waals surface area contributed by atoms with E-state index in [1.54, 1.807) is 0 Å². The van der Waals surface area contributed by atoms with Gasteiger partial charge in [-0.25, -0.2) is 9.34 Å². The Kier molecular flexibility index (Phi) is 5.03. The molecule has 1 saturated heterocycles. The van der Waals surface area contributed by atoms with Gasteiger partial charge in [0.15, 0.2) is 0 Å². The maximum absolute atomic E-state index is 14.5. The molecule has 4 aromatic rings. The minimum atomic E-state index is -3.34. The largest absolute Gasteiger partial charge is 0.429 e. The number of fused-ring (bicyclic) bond motifs is 6. The van der Waals surface area contributed by atoms with E-state index in [9.17, 15) is 9.13 Å². The van der Waals surface area contributed by atoms with Crippen LogP contribution in [0.3, 0.4) is 0 Å². The van der Waals surface area contributed by atoms with Crippen molar-refractivity contribution in [2.75, 3.05) is 26.2 Å². The van der Waals surface area contributed by atoms with Crippen molar-refractivity contribution >= 4 is 25.6 Å². The van der Waals surface area contributed by atoms with E-state index in [0.29, 0.717) is 37.7 Å².